The molecule has 4 rings (SSSR count). The van der Waals surface area contributed by atoms with Crippen molar-refractivity contribution in [2.24, 2.45) is 7.05 Å². The number of pyridine rings is 2. The molecule has 0 saturated heterocycles. The van der Waals surface area contributed by atoms with Crippen LogP contribution in [-0.2, 0) is 16.5 Å². The van der Waals surface area contributed by atoms with E-state index < -0.39 is 11.7 Å². The Hall–Kier alpha value is -4.51. The van der Waals surface area contributed by atoms with Crippen LogP contribution in [0.1, 0.15) is 27.7 Å². The van der Waals surface area contributed by atoms with Crippen LogP contribution in [0.4, 0.5) is 16.6 Å². The van der Waals surface area contributed by atoms with Gasteiger partial charge in [0.05, 0.1) is 23.4 Å². The van der Waals surface area contributed by atoms with E-state index in [-0.39, 0.29) is 11.6 Å². The molecule has 11 heteroatoms. The normalized spacial score (nSPS) is 12.2. The summed E-state index contributed by atoms with van der Waals surface area (Å²) in [5, 5.41) is 6.60. The van der Waals surface area contributed by atoms with E-state index >= 15 is 0 Å². The number of methoxy groups -OCH3 is 1. The standard InChI is InChI=1S/C28H32N6O5/c1-17(16-37-6)31-26-30-15-21(25(35)34(26)5)23-9-7-18-13-19(8-10-22(18)32-23)38-20-11-12-29-24(14-20)33-27(36)39-28(2,3)4/h7-15,17H,16H2,1-6H3,(H,30,31)(H,29,33,36)/t17-/m1/s1. The summed E-state index contributed by atoms with van der Waals surface area (Å²) >= 11 is 0. The van der Waals surface area contributed by atoms with E-state index in [2.05, 4.69) is 25.6 Å². The van der Waals surface area contributed by atoms with Gasteiger partial charge in [-0.15, -0.1) is 0 Å². The van der Waals surface area contributed by atoms with E-state index in [1.165, 1.54) is 17.0 Å². The van der Waals surface area contributed by atoms with Crippen LogP contribution in [0.25, 0.3) is 22.2 Å². The molecule has 0 radical (unpaired) electrons. The molecule has 39 heavy (non-hydrogen) atoms. The van der Waals surface area contributed by atoms with E-state index in [0.29, 0.717) is 46.6 Å². The van der Waals surface area contributed by atoms with Gasteiger partial charge in [-0.05, 0) is 58.0 Å². The van der Waals surface area contributed by atoms with Crippen LogP contribution >= 0.6 is 0 Å². The summed E-state index contributed by atoms with van der Waals surface area (Å²) in [6.45, 7) is 7.79. The van der Waals surface area contributed by atoms with E-state index in [4.69, 9.17) is 14.2 Å². The van der Waals surface area contributed by atoms with Gasteiger partial charge in [-0.25, -0.2) is 19.7 Å². The van der Waals surface area contributed by atoms with E-state index in [0.717, 1.165) is 5.39 Å². The molecule has 0 spiro atoms. The molecule has 0 aliphatic rings. The molecule has 0 saturated carbocycles. The number of aromatic nitrogens is 4. The van der Waals surface area contributed by atoms with Crippen molar-refractivity contribution in [2.75, 3.05) is 24.4 Å². The van der Waals surface area contributed by atoms with Gasteiger partial charge < -0.3 is 19.5 Å². The van der Waals surface area contributed by atoms with Crippen LogP contribution in [0.2, 0.25) is 0 Å². The molecule has 0 unspecified atom stereocenters. The SMILES string of the molecule is COC[C@@H](C)Nc1ncc(-c2ccc3cc(Oc4ccnc(NC(=O)OC(C)(C)C)c4)ccc3n2)c(=O)n1C. The van der Waals surface area contributed by atoms with Crippen molar-refractivity contribution < 1.29 is 19.0 Å². The molecule has 1 atom stereocenters. The minimum Gasteiger partial charge on any atom is -0.457 e. The van der Waals surface area contributed by atoms with E-state index in [1.807, 2.05) is 25.1 Å². The highest BCUT2D eigenvalue weighted by atomic mass is 16.6. The minimum absolute atomic E-state index is 0.00543. The van der Waals surface area contributed by atoms with Crippen molar-refractivity contribution in [3.63, 3.8) is 0 Å². The molecule has 11 nitrogen and oxygen atoms in total. The Morgan fingerprint density at radius 3 is 2.59 bits per heavy atom. The minimum atomic E-state index is -0.621. The summed E-state index contributed by atoms with van der Waals surface area (Å²) < 4.78 is 17.8. The number of fused-ring (bicyclic) bond motifs is 1. The summed E-state index contributed by atoms with van der Waals surface area (Å²) in [5.41, 5.74) is 0.779. The van der Waals surface area contributed by atoms with Gasteiger partial charge in [0.1, 0.15) is 22.9 Å². The molecule has 4 aromatic rings. The number of hydrogen-bond donors (Lipinski definition) is 2. The first-order chi connectivity index (χ1) is 18.5. The quantitative estimate of drug-likeness (QED) is 0.323. The Kier molecular flexibility index (Phi) is 8.10. The van der Waals surface area contributed by atoms with Crippen molar-refractivity contribution in [2.45, 2.75) is 39.3 Å². The van der Waals surface area contributed by atoms with Crippen LogP contribution in [0, 0.1) is 0 Å². The maximum absolute atomic E-state index is 13.0. The van der Waals surface area contributed by atoms with Crippen molar-refractivity contribution >= 4 is 28.8 Å². The van der Waals surface area contributed by atoms with Gasteiger partial charge in [0.25, 0.3) is 5.56 Å². The monoisotopic (exact) mass is 532 g/mol. The lowest BCUT2D eigenvalue weighted by Crippen LogP contribution is -2.29. The predicted octanol–water partition coefficient (Wildman–Crippen LogP) is 4.98. The zero-order chi connectivity index (χ0) is 28.2. The highest BCUT2D eigenvalue weighted by Gasteiger charge is 2.17. The molecule has 0 aliphatic carbocycles. The van der Waals surface area contributed by atoms with Crippen molar-refractivity contribution in [3.8, 4) is 22.8 Å². The zero-order valence-corrected chi connectivity index (χ0v) is 22.8. The van der Waals surface area contributed by atoms with Gasteiger partial charge >= 0.3 is 6.09 Å². The highest BCUT2D eigenvalue weighted by Crippen LogP contribution is 2.27. The van der Waals surface area contributed by atoms with Crippen LogP contribution in [-0.4, -0.2) is 51.0 Å². The topological polar surface area (TPSA) is 129 Å². The van der Waals surface area contributed by atoms with Gasteiger partial charge in [-0.1, -0.05) is 6.07 Å². The molecule has 3 aromatic heterocycles. The molecule has 204 valence electrons. The van der Waals surface area contributed by atoms with E-state index in [1.54, 1.807) is 59.2 Å². The smallest absolute Gasteiger partial charge is 0.413 e. The summed E-state index contributed by atoms with van der Waals surface area (Å²) in [6.07, 6.45) is 2.46. The number of nitrogens with zero attached hydrogens (tertiary/aromatic N) is 4. The predicted molar refractivity (Wildman–Crippen MR) is 149 cm³/mol. The third-order valence-electron chi connectivity index (χ3n) is 5.49. The first-order valence-corrected chi connectivity index (χ1v) is 12.4. The van der Waals surface area contributed by atoms with Crippen molar-refractivity contribution in [1.82, 2.24) is 19.5 Å². The summed E-state index contributed by atoms with van der Waals surface area (Å²) in [4.78, 5) is 38.3. The molecule has 0 aliphatic heterocycles. The van der Waals surface area contributed by atoms with Crippen LogP contribution in [0.5, 0.6) is 11.5 Å². The Morgan fingerprint density at radius 2 is 1.85 bits per heavy atom. The van der Waals surface area contributed by atoms with Gasteiger partial charge in [0, 0.05) is 44.0 Å². The van der Waals surface area contributed by atoms with Crippen molar-refractivity contribution in [1.29, 1.82) is 0 Å². The first kappa shape index (κ1) is 27.5. The van der Waals surface area contributed by atoms with Gasteiger partial charge in [-0.2, -0.15) is 0 Å². The fourth-order valence-electron chi connectivity index (χ4n) is 3.77. The lowest BCUT2D eigenvalue weighted by atomic mass is 10.1. The molecule has 1 amide bonds. The molecular weight excluding hydrogens is 500 g/mol. The second-order valence-electron chi connectivity index (χ2n) is 10.0. The number of carbonyl (C=O) groups is 1. The molecule has 1 aromatic carbocycles. The van der Waals surface area contributed by atoms with Crippen LogP contribution in [0.3, 0.4) is 0 Å². The fourth-order valence-corrected chi connectivity index (χ4v) is 3.77. The van der Waals surface area contributed by atoms with Crippen LogP contribution < -0.4 is 20.9 Å². The Morgan fingerprint density at radius 1 is 1.08 bits per heavy atom. The Labute approximate surface area is 226 Å². The third kappa shape index (κ3) is 7.08. The number of carbonyl (C=O) groups excluding carboxylic acids is 1. The number of nitrogens with one attached hydrogen (secondary N) is 2. The Bertz CT molecular complexity index is 1550. The third-order valence-corrected chi connectivity index (χ3v) is 5.49. The average molecular weight is 533 g/mol. The maximum atomic E-state index is 13.0. The highest BCUT2D eigenvalue weighted by molar-refractivity contribution is 5.84. The number of ether oxygens (including phenoxy) is 3. The number of amides is 1. The maximum Gasteiger partial charge on any atom is 0.413 e. The summed E-state index contributed by atoms with van der Waals surface area (Å²) in [5.74, 6) is 1.82. The number of anilines is 2. The van der Waals surface area contributed by atoms with Gasteiger partial charge in [-0.3, -0.25) is 14.7 Å². The number of benzene rings is 1. The van der Waals surface area contributed by atoms with Gasteiger partial charge in [0.2, 0.25) is 5.95 Å². The Balaban J connectivity index is 1.51. The lowest BCUT2D eigenvalue weighted by molar-refractivity contribution is 0.0635. The second-order valence-corrected chi connectivity index (χ2v) is 10.0. The molecule has 2 N–H and O–H groups in total. The van der Waals surface area contributed by atoms with Crippen molar-refractivity contribution in [3.05, 3.63) is 65.2 Å². The number of hydrogen-bond acceptors (Lipinski definition) is 9. The molecule has 0 bridgehead atoms. The summed E-state index contributed by atoms with van der Waals surface area (Å²) in [7, 11) is 3.29. The molecular formula is C28H32N6O5. The average Bonchev–Trinajstić information content (AvgIpc) is 2.86. The first-order valence-electron chi connectivity index (χ1n) is 12.4. The zero-order valence-electron chi connectivity index (χ0n) is 22.8. The van der Waals surface area contributed by atoms with Crippen LogP contribution in [0.15, 0.2) is 59.7 Å². The van der Waals surface area contributed by atoms with E-state index in [9.17, 15) is 9.59 Å². The molecule has 3 heterocycles. The summed E-state index contributed by atoms with van der Waals surface area (Å²) in [6, 6.07) is 12.4. The van der Waals surface area contributed by atoms with Gasteiger partial charge in [0.15, 0.2) is 0 Å². The molecule has 0 fully saturated rings. The lowest BCUT2D eigenvalue weighted by Gasteiger charge is -2.19. The largest absolute Gasteiger partial charge is 0.457 e. The fraction of sp³-hybridized carbons (Fsp3) is 0.321. The number of rotatable bonds is 8. The second kappa shape index (κ2) is 11.5.